The van der Waals surface area contributed by atoms with Crippen LogP contribution < -0.4 is 0 Å². The molecule has 0 aromatic heterocycles. The van der Waals surface area contributed by atoms with Gasteiger partial charge in [0.05, 0.1) is 18.6 Å². The number of aliphatic hydroxyl groups is 1. The molecule has 0 spiro atoms. The van der Waals surface area contributed by atoms with Crippen molar-refractivity contribution in [1.29, 1.82) is 0 Å². The largest absolute Gasteiger partial charge is 0.466 e. The third kappa shape index (κ3) is 3.62. The molecule has 0 amide bonds. The van der Waals surface area contributed by atoms with Gasteiger partial charge in [0.25, 0.3) is 0 Å². The summed E-state index contributed by atoms with van der Waals surface area (Å²) in [6, 6.07) is 0. The molecule has 0 radical (unpaired) electrons. The number of carbonyl (C=O) groups excluding carboxylic acids is 2. The molecule has 0 saturated heterocycles. The second kappa shape index (κ2) is 7.86. The summed E-state index contributed by atoms with van der Waals surface area (Å²) in [5.41, 5.74) is -1.10. The fourth-order valence-corrected chi connectivity index (χ4v) is 8.00. The average molecular weight is 407 g/mol. The van der Waals surface area contributed by atoms with Gasteiger partial charge < -0.3 is 14.6 Å². The van der Waals surface area contributed by atoms with Crippen molar-refractivity contribution in [2.24, 2.45) is 35.0 Å². The third-order valence-electron chi connectivity index (χ3n) is 9.30. The van der Waals surface area contributed by atoms with Crippen LogP contribution in [0.3, 0.4) is 0 Å². The second-order valence-corrected chi connectivity index (χ2v) is 10.5. The van der Waals surface area contributed by atoms with Crippen LogP contribution in [0.1, 0.15) is 85.0 Å². The molecule has 0 unspecified atom stereocenters. The Kier molecular flexibility index (Phi) is 5.73. The number of carbonyl (C=O) groups is 2. The van der Waals surface area contributed by atoms with E-state index < -0.39 is 5.60 Å². The van der Waals surface area contributed by atoms with Crippen LogP contribution in [0.25, 0.3) is 0 Å². The van der Waals surface area contributed by atoms with Gasteiger partial charge in [0, 0.05) is 6.92 Å². The van der Waals surface area contributed by atoms with Gasteiger partial charge in [-0.05, 0) is 99.7 Å². The lowest BCUT2D eigenvalue weighted by molar-refractivity contribution is -0.165. The molecular formula is C24H38O5. The highest BCUT2D eigenvalue weighted by atomic mass is 16.5. The van der Waals surface area contributed by atoms with Crippen molar-refractivity contribution in [2.45, 2.75) is 96.7 Å². The Morgan fingerprint density at radius 2 is 1.76 bits per heavy atom. The van der Waals surface area contributed by atoms with Gasteiger partial charge in [-0.15, -0.1) is 0 Å². The molecule has 0 bridgehead atoms. The van der Waals surface area contributed by atoms with E-state index in [0.29, 0.717) is 24.4 Å². The summed E-state index contributed by atoms with van der Waals surface area (Å²) in [6.45, 7) is 5.95. The van der Waals surface area contributed by atoms with Crippen molar-refractivity contribution in [3.8, 4) is 0 Å². The molecule has 4 fully saturated rings. The number of hydrogen-bond donors (Lipinski definition) is 1. The van der Waals surface area contributed by atoms with Gasteiger partial charge in [-0.25, -0.2) is 0 Å². The molecule has 0 aromatic rings. The van der Waals surface area contributed by atoms with Crippen molar-refractivity contribution in [1.82, 2.24) is 0 Å². The highest BCUT2D eigenvalue weighted by molar-refractivity contribution is 5.71. The Bertz CT molecular complexity index is 647. The summed E-state index contributed by atoms with van der Waals surface area (Å²) in [5, 5.41) is 11.5. The van der Waals surface area contributed by atoms with Gasteiger partial charge in [-0.2, -0.15) is 0 Å². The lowest BCUT2D eigenvalue weighted by Gasteiger charge is -2.57. The highest BCUT2D eigenvalue weighted by Gasteiger charge is 2.63. The maximum atomic E-state index is 12.2. The van der Waals surface area contributed by atoms with E-state index in [2.05, 4.69) is 6.92 Å². The number of ether oxygens (including phenoxy) is 2. The van der Waals surface area contributed by atoms with E-state index in [-0.39, 0.29) is 29.9 Å². The predicted molar refractivity (Wildman–Crippen MR) is 109 cm³/mol. The standard InChI is InChI=1S/C24H38O5/c1-4-28-22(26)14-24(27)12-10-21-20-7-5-16-13-17(29-15(2)25)6-8-18(16)19(20)9-11-23(21,24)3/h16-21,27H,4-14H2,1-3H3/t16-,17-,18-,19+,20+,21-,23-,24+/m0/s1. The van der Waals surface area contributed by atoms with Crippen LogP contribution in [0, 0.1) is 35.0 Å². The van der Waals surface area contributed by atoms with Crippen molar-refractivity contribution in [2.75, 3.05) is 6.61 Å². The number of rotatable bonds is 4. The average Bonchev–Trinajstić information content (AvgIpc) is 2.92. The molecule has 4 aliphatic carbocycles. The van der Waals surface area contributed by atoms with Gasteiger partial charge in [0.15, 0.2) is 0 Å². The molecule has 29 heavy (non-hydrogen) atoms. The van der Waals surface area contributed by atoms with Gasteiger partial charge in [-0.1, -0.05) is 6.92 Å². The van der Waals surface area contributed by atoms with Crippen molar-refractivity contribution in [3.63, 3.8) is 0 Å². The third-order valence-corrected chi connectivity index (χ3v) is 9.30. The van der Waals surface area contributed by atoms with E-state index in [1.165, 1.54) is 26.2 Å². The molecule has 1 N–H and O–H groups in total. The summed E-state index contributed by atoms with van der Waals surface area (Å²) in [4.78, 5) is 23.5. The lowest BCUT2D eigenvalue weighted by atomic mass is 9.49. The Balaban J connectivity index is 1.46. The Morgan fingerprint density at radius 1 is 1.00 bits per heavy atom. The Hall–Kier alpha value is -1.10. The monoisotopic (exact) mass is 406 g/mol. The fraction of sp³-hybridized carbons (Fsp3) is 0.917. The summed E-state index contributed by atoms with van der Waals surface area (Å²) < 4.78 is 10.7. The zero-order valence-corrected chi connectivity index (χ0v) is 18.3. The molecule has 0 aliphatic heterocycles. The van der Waals surface area contributed by atoms with E-state index in [4.69, 9.17) is 9.47 Å². The molecule has 5 heteroatoms. The summed E-state index contributed by atoms with van der Waals surface area (Å²) in [5.74, 6) is 2.91. The quantitative estimate of drug-likeness (QED) is 0.707. The van der Waals surface area contributed by atoms with Crippen molar-refractivity contribution in [3.05, 3.63) is 0 Å². The van der Waals surface area contributed by atoms with Gasteiger partial charge in [0.2, 0.25) is 0 Å². The van der Waals surface area contributed by atoms with Crippen LogP contribution in [0.5, 0.6) is 0 Å². The van der Waals surface area contributed by atoms with E-state index >= 15 is 0 Å². The zero-order chi connectivity index (χ0) is 20.8. The molecular weight excluding hydrogens is 368 g/mol. The first-order valence-electron chi connectivity index (χ1n) is 11.8. The summed E-state index contributed by atoms with van der Waals surface area (Å²) >= 11 is 0. The maximum Gasteiger partial charge on any atom is 0.308 e. The highest BCUT2D eigenvalue weighted by Crippen LogP contribution is 2.66. The molecule has 4 saturated carbocycles. The number of esters is 2. The first-order valence-corrected chi connectivity index (χ1v) is 11.8. The van der Waals surface area contributed by atoms with E-state index in [9.17, 15) is 14.7 Å². The normalized spacial score (nSPS) is 46.2. The fourth-order valence-electron chi connectivity index (χ4n) is 8.00. The molecule has 4 rings (SSSR count). The van der Waals surface area contributed by atoms with E-state index in [0.717, 1.165) is 50.4 Å². The summed E-state index contributed by atoms with van der Waals surface area (Å²) in [6.07, 6.45) is 9.79. The Labute approximate surface area is 174 Å². The molecule has 8 atom stereocenters. The smallest absolute Gasteiger partial charge is 0.308 e. The van der Waals surface area contributed by atoms with Gasteiger partial charge in [0.1, 0.15) is 6.10 Å². The first kappa shape index (κ1) is 21.1. The van der Waals surface area contributed by atoms with E-state index in [1.807, 2.05) is 6.92 Å². The summed E-state index contributed by atoms with van der Waals surface area (Å²) in [7, 11) is 0. The van der Waals surface area contributed by atoms with Crippen LogP contribution >= 0.6 is 0 Å². The zero-order valence-electron chi connectivity index (χ0n) is 18.3. The van der Waals surface area contributed by atoms with Crippen molar-refractivity contribution >= 4 is 11.9 Å². The lowest BCUT2D eigenvalue weighted by Crippen LogP contribution is -2.54. The van der Waals surface area contributed by atoms with Crippen LogP contribution in [0.15, 0.2) is 0 Å². The van der Waals surface area contributed by atoms with Crippen molar-refractivity contribution < 1.29 is 24.2 Å². The predicted octanol–water partition coefficient (Wildman–Crippen LogP) is 4.26. The second-order valence-electron chi connectivity index (χ2n) is 10.5. The molecule has 4 aliphatic rings. The van der Waals surface area contributed by atoms with Crippen LogP contribution in [0.2, 0.25) is 0 Å². The minimum Gasteiger partial charge on any atom is -0.466 e. The van der Waals surface area contributed by atoms with Crippen LogP contribution in [-0.4, -0.2) is 35.4 Å². The molecule has 0 aromatic carbocycles. The topological polar surface area (TPSA) is 72.8 Å². The minimum absolute atomic E-state index is 0.111. The first-order chi connectivity index (χ1) is 13.8. The van der Waals surface area contributed by atoms with Gasteiger partial charge in [-0.3, -0.25) is 9.59 Å². The van der Waals surface area contributed by atoms with Crippen LogP contribution in [0.4, 0.5) is 0 Å². The molecule has 0 heterocycles. The Morgan fingerprint density at radius 3 is 2.48 bits per heavy atom. The van der Waals surface area contributed by atoms with Crippen LogP contribution in [-0.2, 0) is 19.1 Å². The molecule has 5 nitrogen and oxygen atoms in total. The number of fused-ring (bicyclic) bond motifs is 5. The minimum atomic E-state index is -0.918. The maximum absolute atomic E-state index is 12.2. The number of hydrogen-bond acceptors (Lipinski definition) is 5. The van der Waals surface area contributed by atoms with E-state index in [1.54, 1.807) is 0 Å². The van der Waals surface area contributed by atoms with Gasteiger partial charge >= 0.3 is 11.9 Å². The SMILES string of the molecule is CCOC(=O)C[C@]1(O)CC[C@H]2[C@@H]3CC[C@H]4C[C@@H](OC(C)=O)CC[C@@H]4[C@H]3CC[C@@]21C. The molecule has 164 valence electrons.